The lowest BCUT2D eigenvalue weighted by molar-refractivity contribution is -0.349. The number of hydrogen-bond donors (Lipinski definition) is 17. The Morgan fingerprint density at radius 3 is 1.65 bits per heavy atom. The molecule has 3 aliphatic heterocycles. The summed E-state index contributed by atoms with van der Waals surface area (Å²) in [6.45, 7) is -5.04. The number of carbonyl (C=O) groups excluding carboxylic acids is 3. The second-order valence-electron chi connectivity index (χ2n) is 13.5. The number of hydrogen-bond acceptors (Lipinski definition) is 22. The molecule has 0 aromatic rings. The Kier molecular flexibility index (Phi) is 16.9. The van der Waals surface area contributed by atoms with Crippen LogP contribution in [-0.2, 0) is 47.7 Å². The van der Waals surface area contributed by atoms with Crippen molar-refractivity contribution in [2.24, 2.45) is 0 Å². The molecule has 3 fully saturated rings. The molecule has 57 heavy (non-hydrogen) atoms. The van der Waals surface area contributed by atoms with E-state index >= 15 is 0 Å². The van der Waals surface area contributed by atoms with Crippen LogP contribution in [0, 0.1) is 0 Å². The van der Waals surface area contributed by atoms with Crippen molar-refractivity contribution in [1.82, 2.24) is 16.0 Å². The molecule has 17 N–H and O–H groups in total. The predicted octanol–water partition coefficient (Wildman–Crippen LogP) is -10.8. The summed E-state index contributed by atoms with van der Waals surface area (Å²) in [4.78, 5) is 61.2. The Labute approximate surface area is 320 Å². The maximum Gasteiger partial charge on any atom is 0.364 e. The van der Waals surface area contributed by atoms with E-state index < -0.39 is 179 Å². The van der Waals surface area contributed by atoms with E-state index in [-0.39, 0.29) is 0 Å². The molecule has 0 aromatic heterocycles. The van der Waals surface area contributed by atoms with Crippen molar-refractivity contribution < 1.29 is 119 Å². The van der Waals surface area contributed by atoms with Gasteiger partial charge in [-0.05, 0) is 0 Å². The minimum Gasteiger partial charge on any atom is -0.477 e. The van der Waals surface area contributed by atoms with E-state index in [1.165, 1.54) is 0 Å². The summed E-state index contributed by atoms with van der Waals surface area (Å²) >= 11 is 0. The van der Waals surface area contributed by atoms with Gasteiger partial charge in [0, 0.05) is 19.8 Å². The van der Waals surface area contributed by atoms with Crippen molar-refractivity contribution in [3.05, 3.63) is 0 Å². The summed E-state index contributed by atoms with van der Waals surface area (Å²) in [7, 11) is 0. The van der Waals surface area contributed by atoms with Crippen LogP contribution >= 0.6 is 0 Å². The number of ether oxygens (including phenoxy) is 5. The molecule has 0 aliphatic carbocycles. The van der Waals surface area contributed by atoms with Gasteiger partial charge in [-0.3, -0.25) is 14.4 Å². The van der Waals surface area contributed by atoms with E-state index in [1.807, 2.05) is 5.32 Å². The Balaban J connectivity index is 2.00. The number of carbonyl (C=O) groups is 5. The van der Waals surface area contributed by atoms with Crippen LogP contribution < -0.4 is 16.0 Å². The Bertz CT molecular complexity index is 1410. The van der Waals surface area contributed by atoms with E-state index in [2.05, 4.69) is 10.6 Å². The molecule has 3 heterocycles. The molecule has 328 valence electrons. The normalized spacial score (nSPS) is 37.9. The SMILES string of the molecule is CC(=O)N[C@@H]1[C@@H](O)[C@@H](O)[C@@H](CO[C@]2(C(=O)O)C[C@H](O)[C@@H](NC(=O)CO)[C@H]([C@H](O)[C@@H](CO)O[C@]3(C(=O)O)C[C@H](O)[C@@H](NC(=O)CO)[C@H]([C@H](O)[C@H](O)CO)O3)O2)O[C@H]1O. The molecule has 3 amide bonds. The van der Waals surface area contributed by atoms with Crippen LogP contribution in [0.25, 0.3) is 0 Å². The lowest BCUT2D eigenvalue weighted by Crippen LogP contribution is -2.71. The number of aliphatic carboxylic acids is 2. The largest absolute Gasteiger partial charge is 0.477 e. The molecule has 3 saturated heterocycles. The quantitative estimate of drug-likeness (QED) is 0.0609. The van der Waals surface area contributed by atoms with Crippen LogP contribution in [0.3, 0.4) is 0 Å². The average molecular weight is 836 g/mol. The topological polar surface area (TPSA) is 451 Å². The first-order chi connectivity index (χ1) is 26.6. The van der Waals surface area contributed by atoms with Crippen molar-refractivity contribution in [2.45, 2.75) is 123 Å². The standard InChI is InChI=1S/C30H49N3O24/c1-9(38)31-19-23(47)21(45)14(54-26(19)48)8-53-29(27(49)50)2-10(39)18(33-16(43)7-37)25(56-29)22(46)13(5-35)55-30(28(51)52)3-11(40)17(32-15(42)6-36)24(57-30)20(44)12(41)4-34/h10-14,17-26,34-37,39-41,44-48H,2-8H2,1H3,(H,31,38)(H,32,42)(H,33,43)(H,49,50)(H,51,52)/t10-,11-,12+,13+,14+,17+,18+,19+,20+,21-,22+,23+,24+,25+,26+,29+,30+/m0/s1. The van der Waals surface area contributed by atoms with E-state index in [9.17, 15) is 95.5 Å². The molecular weight excluding hydrogens is 786 g/mol. The molecule has 0 radical (unpaired) electrons. The van der Waals surface area contributed by atoms with Crippen molar-refractivity contribution in [3.63, 3.8) is 0 Å². The van der Waals surface area contributed by atoms with Gasteiger partial charge in [-0.1, -0.05) is 0 Å². The lowest BCUT2D eigenvalue weighted by atomic mass is 9.87. The van der Waals surface area contributed by atoms with Crippen LogP contribution in [0.1, 0.15) is 19.8 Å². The van der Waals surface area contributed by atoms with Gasteiger partial charge in [0.15, 0.2) is 6.29 Å². The van der Waals surface area contributed by atoms with Crippen molar-refractivity contribution in [1.29, 1.82) is 0 Å². The zero-order valence-electron chi connectivity index (χ0n) is 30.0. The monoisotopic (exact) mass is 835 g/mol. The minimum atomic E-state index is -3.25. The first kappa shape index (κ1) is 48.0. The number of nitrogens with one attached hydrogen (secondary N) is 3. The second-order valence-corrected chi connectivity index (χ2v) is 13.5. The van der Waals surface area contributed by atoms with E-state index in [1.54, 1.807) is 0 Å². The lowest BCUT2D eigenvalue weighted by Gasteiger charge is -2.50. The van der Waals surface area contributed by atoms with Crippen LogP contribution in [0.15, 0.2) is 0 Å². The van der Waals surface area contributed by atoms with Gasteiger partial charge in [0.2, 0.25) is 17.7 Å². The molecule has 0 unspecified atom stereocenters. The average Bonchev–Trinajstić information content (AvgIpc) is 3.16. The van der Waals surface area contributed by atoms with Crippen molar-refractivity contribution in [2.75, 3.05) is 33.0 Å². The Morgan fingerprint density at radius 1 is 0.702 bits per heavy atom. The van der Waals surface area contributed by atoms with E-state index in [0.717, 1.165) is 6.92 Å². The molecule has 3 rings (SSSR count). The summed E-state index contributed by atoms with van der Waals surface area (Å²) in [5.41, 5.74) is 0. The maximum absolute atomic E-state index is 12.8. The highest BCUT2D eigenvalue weighted by molar-refractivity contribution is 5.79. The predicted molar refractivity (Wildman–Crippen MR) is 173 cm³/mol. The van der Waals surface area contributed by atoms with Crippen molar-refractivity contribution >= 4 is 29.7 Å². The van der Waals surface area contributed by atoms with Gasteiger partial charge in [-0.2, -0.15) is 0 Å². The smallest absolute Gasteiger partial charge is 0.364 e. The van der Waals surface area contributed by atoms with Crippen LogP contribution in [0.4, 0.5) is 0 Å². The summed E-state index contributed by atoms with van der Waals surface area (Å²) in [6.07, 6.45) is -28.0. The van der Waals surface area contributed by atoms with Crippen LogP contribution in [0.5, 0.6) is 0 Å². The molecule has 0 saturated carbocycles. The summed E-state index contributed by atoms with van der Waals surface area (Å²) in [6, 6.07) is -5.28. The van der Waals surface area contributed by atoms with E-state index in [0.29, 0.717) is 0 Å². The number of carboxylic acid groups (broad SMARTS) is 2. The van der Waals surface area contributed by atoms with Crippen LogP contribution in [-0.4, -0.2) is 237 Å². The fraction of sp³-hybridized carbons (Fsp3) is 0.833. The Morgan fingerprint density at radius 2 is 1.19 bits per heavy atom. The van der Waals surface area contributed by atoms with Gasteiger partial charge in [0.25, 0.3) is 11.6 Å². The fourth-order valence-electron chi connectivity index (χ4n) is 6.55. The number of aliphatic hydroxyl groups is 12. The highest BCUT2D eigenvalue weighted by Gasteiger charge is 2.60. The third-order valence-corrected chi connectivity index (χ3v) is 9.47. The number of amides is 3. The number of rotatable bonds is 18. The summed E-state index contributed by atoms with van der Waals surface area (Å²) in [5, 5.41) is 151. The maximum atomic E-state index is 12.8. The van der Waals surface area contributed by atoms with Crippen molar-refractivity contribution in [3.8, 4) is 0 Å². The molecule has 3 aliphatic rings. The highest BCUT2D eigenvalue weighted by Crippen LogP contribution is 2.38. The molecule has 27 nitrogen and oxygen atoms in total. The second kappa shape index (κ2) is 20.1. The Hall–Kier alpha value is -3.33. The van der Waals surface area contributed by atoms with Gasteiger partial charge >= 0.3 is 11.9 Å². The molecule has 0 aromatic carbocycles. The zero-order chi connectivity index (χ0) is 43.2. The highest BCUT2D eigenvalue weighted by atomic mass is 16.8. The van der Waals surface area contributed by atoms with Gasteiger partial charge in [-0.15, -0.1) is 0 Å². The number of aliphatic hydroxyl groups excluding tert-OH is 12. The first-order valence-corrected chi connectivity index (χ1v) is 17.2. The number of carboxylic acids is 2. The molecule has 17 atom stereocenters. The summed E-state index contributed by atoms with van der Waals surface area (Å²) < 4.78 is 27.1. The minimum absolute atomic E-state index is 0.732. The van der Waals surface area contributed by atoms with Gasteiger partial charge in [-0.25, -0.2) is 9.59 Å². The summed E-state index contributed by atoms with van der Waals surface area (Å²) in [5.74, 6) is -13.7. The molecule has 0 bridgehead atoms. The third kappa shape index (κ3) is 10.8. The molecule has 0 spiro atoms. The molecular formula is C30H49N3O24. The third-order valence-electron chi connectivity index (χ3n) is 9.47. The molecule has 27 heteroatoms. The van der Waals surface area contributed by atoms with E-state index in [4.69, 9.17) is 23.7 Å². The van der Waals surface area contributed by atoms with Gasteiger partial charge in [0.1, 0.15) is 74.2 Å². The van der Waals surface area contributed by atoms with Gasteiger partial charge < -0.3 is 111 Å². The van der Waals surface area contributed by atoms with Crippen LogP contribution in [0.2, 0.25) is 0 Å². The zero-order valence-corrected chi connectivity index (χ0v) is 30.0. The fourth-order valence-corrected chi connectivity index (χ4v) is 6.55. The first-order valence-electron chi connectivity index (χ1n) is 17.2. The van der Waals surface area contributed by atoms with Gasteiger partial charge in [0.05, 0.1) is 44.1 Å².